The maximum absolute atomic E-state index is 12.5. The fourth-order valence-corrected chi connectivity index (χ4v) is 2.95. The minimum absolute atomic E-state index is 0.0759. The van der Waals surface area contributed by atoms with Gasteiger partial charge in [-0.25, -0.2) is 0 Å². The average Bonchev–Trinajstić information content (AvgIpc) is 2.72. The van der Waals surface area contributed by atoms with Crippen LogP contribution in [0.15, 0.2) is 75.9 Å². The summed E-state index contributed by atoms with van der Waals surface area (Å²) in [6.07, 6.45) is 0. The SMILES string of the molecule is O=c1c(O)c(-c2ccc(O)c(O)c2)oc2cc(NCc3ccccc3)ccc12. The number of phenols is 2. The highest BCUT2D eigenvalue weighted by atomic mass is 16.4. The minimum Gasteiger partial charge on any atom is -0.504 e. The van der Waals surface area contributed by atoms with E-state index in [-0.39, 0.29) is 28.2 Å². The van der Waals surface area contributed by atoms with E-state index in [2.05, 4.69) is 5.32 Å². The molecule has 0 aliphatic rings. The molecule has 140 valence electrons. The van der Waals surface area contributed by atoms with Crippen LogP contribution in [-0.2, 0) is 6.54 Å². The summed E-state index contributed by atoms with van der Waals surface area (Å²) in [7, 11) is 0. The van der Waals surface area contributed by atoms with Crippen molar-refractivity contribution in [3.8, 4) is 28.6 Å². The van der Waals surface area contributed by atoms with Crippen molar-refractivity contribution in [1.29, 1.82) is 0 Å². The predicted molar refractivity (Wildman–Crippen MR) is 107 cm³/mol. The third-order valence-corrected chi connectivity index (χ3v) is 4.45. The Morgan fingerprint density at radius 3 is 2.39 bits per heavy atom. The van der Waals surface area contributed by atoms with Crippen LogP contribution >= 0.6 is 0 Å². The van der Waals surface area contributed by atoms with Crippen molar-refractivity contribution in [2.75, 3.05) is 5.32 Å². The molecule has 0 aliphatic carbocycles. The number of rotatable bonds is 4. The van der Waals surface area contributed by atoms with Gasteiger partial charge in [-0.2, -0.15) is 0 Å². The molecule has 4 aromatic rings. The molecule has 0 atom stereocenters. The lowest BCUT2D eigenvalue weighted by molar-refractivity contribution is 0.403. The Morgan fingerprint density at radius 2 is 1.64 bits per heavy atom. The maximum Gasteiger partial charge on any atom is 0.235 e. The molecule has 0 unspecified atom stereocenters. The van der Waals surface area contributed by atoms with E-state index in [4.69, 9.17) is 4.42 Å². The number of nitrogens with one attached hydrogen (secondary N) is 1. The van der Waals surface area contributed by atoms with Crippen LogP contribution in [0.5, 0.6) is 17.2 Å². The van der Waals surface area contributed by atoms with Crippen LogP contribution in [0.1, 0.15) is 5.56 Å². The van der Waals surface area contributed by atoms with Crippen LogP contribution in [-0.4, -0.2) is 15.3 Å². The number of hydrogen-bond acceptors (Lipinski definition) is 6. The highest BCUT2D eigenvalue weighted by Crippen LogP contribution is 2.35. The number of fused-ring (bicyclic) bond motifs is 1. The first-order valence-electron chi connectivity index (χ1n) is 8.63. The molecule has 6 heteroatoms. The molecule has 0 radical (unpaired) electrons. The summed E-state index contributed by atoms with van der Waals surface area (Å²) in [6, 6.07) is 18.8. The van der Waals surface area contributed by atoms with Crippen molar-refractivity contribution in [2.24, 2.45) is 0 Å². The van der Waals surface area contributed by atoms with Crippen molar-refractivity contribution < 1.29 is 19.7 Å². The third-order valence-electron chi connectivity index (χ3n) is 4.45. The quantitative estimate of drug-likeness (QED) is 0.399. The summed E-state index contributed by atoms with van der Waals surface area (Å²) in [4.78, 5) is 12.5. The predicted octanol–water partition coefficient (Wildman–Crippen LogP) is 4.19. The zero-order valence-corrected chi connectivity index (χ0v) is 14.7. The smallest absolute Gasteiger partial charge is 0.235 e. The van der Waals surface area contributed by atoms with E-state index in [0.29, 0.717) is 12.1 Å². The molecular formula is C22H17NO5. The number of hydrogen-bond donors (Lipinski definition) is 4. The van der Waals surface area contributed by atoms with E-state index in [0.717, 1.165) is 11.3 Å². The van der Waals surface area contributed by atoms with Crippen molar-refractivity contribution in [2.45, 2.75) is 6.54 Å². The second kappa shape index (κ2) is 7.00. The van der Waals surface area contributed by atoms with E-state index >= 15 is 0 Å². The number of benzene rings is 3. The first kappa shape index (κ1) is 17.5. The first-order chi connectivity index (χ1) is 13.5. The van der Waals surface area contributed by atoms with E-state index in [9.17, 15) is 20.1 Å². The van der Waals surface area contributed by atoms with Crippen LogP contribution in [0.2, 0.25) is 0 Å². The van der Waals surface area contributed by atoms with Crippen molar-refractivity contribution in [1.82, 2.24) is 0 Å². The van der Waals surface area contributed by atoms with Gasteiger partial charge in [-0.15, -0.1) is 0 Å². The first-order valence-corrected chi connectivity index (χ1v) is 8.63. The Balaban J connectivity index is 1.74. The molecule has 0 fully saturated rings. The van der Waals surface area contributed by atoms with Gasteiger partial charge in [-0.1, -0.05) is 30.3 Å². The maximum atomic E-state index is 12.5. The Hall–Kier alpha value is -3.93. The van der Waals surface area contributed by atoms with Gasteiger partial charge < -0.3 is 25.1 Å². The Kier molecular flexibility index (Phi) is 4.37. The summed E-state index contributed by atoms with van der Waals surface area (Å²) in [5.41, 5.74) is 1.86. The van der Waals surface area contributed by atoms with Gasteiger partial charge >= 0.3 is 0 Å². The van der Waals surface area contributed by atoms with E-state index in [1.165, 1.54) is 18.2 Å². The van der Waals surface area contributed by atoms with Crippen LogP contribution in [0.3, 0.4) is 0 Å². The van der Waals surface area contributed by atoms with Gasteiger partial charge in [0.05, 0.1) is 5.39 Å². The monoisotopic (exact) mass is 375 g/mol. The third kappa shape index (κ3) is 3.23. The molecule has 0 saturated heterocycles. The van der Waals surface area contributed by atoms with Crippen LogP contribution in [0.4, 0.5) is 5.69 Å². The molecule has 6 nitrogen and oxygen atoms in total. The summed E-state index contributed by atoms with van der Waals surface area (Å²) < 4.78 is 5.76. The molecule has 0 amide bonds. The van der Waals surface area contributed by atoms with Gasteiger partial charge in [0.2, 0.25) is 11.2 Å². The summed E-state index contributed by atoms with van der Waals surface area (Å²) in [6.45, 7) is 0.605. The normalized spacial score (nSPS) is 10.9. The van der Waals surface area contributed by atoms with E-state index in [1.54, 1.807) is 18.2 Å². The van der Waals surface area contributed by atoms with Gasteiger partial charge in [0.1, 0.15) is 5.58 Å². The molecular weight excluding hydrogens is 358 g/mol. The van der Waals surface area contributed by atoms with Crippen molar-refractivity contribution in [3.05, 3.63) is 82.5 Å². The van der Waals surface area contributed by atoms with Gasteiger partial charge in [0.25, 0.3) is 0 Å². The zero-order chi connectivity index (χ0) is 19.7. The van der Waals surface area contributed by atoms with E-state index < -0.39 is 11.2 Å². The van der Waals surface area contributed by atoms with E-state index in [1.807, 2.05) is 30.3 Å². The second-order valence-corrected chi connectivity index (χ2v) is 6.36. The lowest BCUT2D eigenvalue weighted by Gasteiger charge is -2.10. The summed E-state index contributed by atoms with van der Waals surface area (Å²) >= 11 is 0. The number of anilines is 1. The topological polar surface area (TPSA) is 103 Å². The average molecular weight is 375 g/mol. The molecule has 0 saturated carbocycles. The lowest BCUT2D eigenvalue weighted by atomic mass is 10.1. The van der Waals surface area contributed by atoms with Gasteiger partial charge in [-0.3, -0.25) is 4.79 Å². The molecule has 0 spiro atoms. The molecule has 28 heavy (non-hydrogen) atoms. The molecule has 3 aromatic carbocycles. The standard InChI is InChI=1S/C22H17NO5/c24-17-9-6-14(10-18(17)25)22-21(27)20(26)16-8-7-15(11-19(16)28-22)23-12-13-4-2-1-3-5-13/h1-11,23-25,27H,12H2. The number of aromatic hydroxyl groups is 3. The fraction of sp³-hybridized carbons (Fsp3) is 0.0455. The highest BCUT2D eigenvalue weighted by molar-refractivity contribution is 5.84. The minimum atomic E-state index is -0.571. The Bertz CT molecular complexity index is 1220. The molecule has 0 bridgehead atoms. The summed E-state index contributed by atoms with van der Waals surface area (Å²) in [5, 5.41) is 32.9. The molecule has 1 heterocycles. The molecule has 4 rings (SSSR count). The molecule has 1 aromatic heterocycles. The Labute approximate surface area is 159 Å². The molecule has 0 aliphatic heterocycles. The molecule has 4 N–H and O–H groups in total. The van der Waals surface area contributed by atoms with Gasteiger partial charge in [0.15, 0.2) is 17.3 Å². The highest BCUT2D eigenvalue weighted by Gasteiger charge is 2.17. The van der Waals surface area contributed by atoms with Crippen LogP contribution in [0, 0.1) is 0 Å². The second-order valence-electron chi connectivity index (χ2n) is 6.36. The largest absolute Gasteiger partial charge is 0.504 e. The zero-order valence-electron chi connectivity index (χ0n) is 14.7. The Morgan fingerprint density at radius 1 is 0.857 bits per heavy atom. The fourth-order valence-electron chi connectivity index (χ4n) is 2.95. The number of phenolic OH excluding ortho intramolecular Hbond substituents is 2. The van der Waals surface area contributed by atoms with Gasteiger partial charge in [0, 0.05) is 23.9 Å². The summed E-state index contributed by atoms with van der Waals surface area (Å²) in [5.74, 6) is -1.31. The van der Waals surface area contributed by atoms with Crippen LogP contribution < -0.4 is 10.7 Å². The van der Waals surface area contributed by atoms with Crippen LogP contribution in [0.25, 0.3) is 22.3 Å². The van der Waals surface area contributed by atoms with Gasteiger partial charge in [-0.05, 0) is 35.9 Å². The van der Waals surface area contributed by atoms with Crippen molar-refractivity contribution >= 4 is 16.7 Å². The van der Waals surface area contributed by atoms with Crippen molar-refractivity contribution in [3.63, 3.8) is 0 Å². The lowest BCUT2D eigenvalue weighted by Crippen LogP contribution is -2.04.